The molecule has 1 N–H and O–H groups in total. The van der Waals surface area contributed by atoms with Crippen molar-refractivity contribution in [2.75, 3.05) is 19.1 Å². The first-order valence-electron chi connectivity index (χ1n) is 12.4. The zero-order chi connectivity index (χ0) is 24.5. The summed E-state index contributed by atoms with van der Waals surface area (Å²) in [6.45, 7) is 4.49. The van der Waals surface area contributed by atoms with E-state index in [0.29, 0.717) is 11.2 Å². The van der Waals surface area contributed by atoms with Crippen LogP contribution in [0, 0.1) is 13.8 Å². The van der Waals surface area contributed by atoms with Gasteiger partial charge in [0.1, 0.15) is 11.5 Å². The van der Waals surface area contributed by atoms with Gasteiger partial charge in [-0.3, -0.25) is 4.98 Å². The number of anilines is 1. The summed E-state index contributed by atoms with van der Waals surface area (Å²) in [7, 11) is 3.37. The van der Waals surface area contributed by atoms with E-state index < -0.39 is 0 Å². The van der Waals surface area contributed by atoms with Gasteiger partial charge in [0.25, 0.3) is 0 Å². The third kappa shape index (κ3) is 4.27. The van der Waals surface area contributed by atoms with Crippen molar-refractivity contribution in [3.8, 4) is 11.5 Å². The largest absolute Gasteiger partial charge is 0.497 e. The van der Waals surface area contributed by atoms with Crippen LogP contribution in [-0.2, 0) is 0 Å². The summed E-state index contributed by atoms with van der Waals surface area (Å²) >= 11 is 5.96. The second-order valence-corrected chi connectivity index (χ2v) is 9.91. The van der Waals surface area contributed by atoms with Gasteiger partial charge in [-0.2, -0.15) is 0 Å². The number of hydrogen-bond acceptors (Lipinski definition) is 4. The zero-order valence-corrected chi connectivity index (χ0v) is 21.8. The molecule has 3 heterocycles. The lowest BCUT2D eigenvalue weighted by atomic mass is 9.94. The van der Waals surface area contributed by atoms with Crippen LogP contribution in [0.5, 0.6) is 11.5 Å². The van der Waals surface area contributed by atoms with Crippen LogP contribution in [0.4, 0.5) is 5.69 Å². The lowest BCUT2D eigenvalue weighted by molar-refractivity contribution is 0.345. The molecule has 2 fully saturated rings. The fraction of sp³-hybridized carbons (Fsp3) is 0.429. The van der Waals surface area contributed by atoms with Gasteiger partial charge in [0.15, 0.2) is 5.11 Å². The minimum Gasteiger partial charge on any atom is -0.497 e. The summed E-state index contributed by atoms with van der Waals surface area (Å²) in [4.78, 5) is 6.90. The van der Waals surface area contributed by atoms with Crippen LogP contribution in [0.1, 0.15) is 72.9 Å². The Morgan fingerprint density at radius 1 is 1.00 bits per heavy atom. The molecular formula is C28H34N4O2S. The Kier molecular flexibility index (Phi) is 6.69. The van der Waals surface area contributed by atoms with Crippen molar-refractivity contribution < 1.29 is 9.47 Å². The molecule has 0 amide bonds. The van der Waals surface area contributed by atoms with Crippen LogP contribution in [0.25, 0.3) is 0 Å². The molecule has 0 radical (unpaired) electrons. The minimum absolute atomic E-state index is 0.0815. The van der Waals surface area contributed by atoms with Crippen molar-refractivity contribution in [2.24, 2.45) is 0 Å². The Bertz CT molecular complexity index is 1200. The molecule has 1 aromatic carbocycles. The second kappa shape index (κ2) is 9.90. The number of hydrogen-bond donors (Lipinski definition) is 1. The molecule has 2 atom stereocenters. The number of nitrogens with one attached hydrogen (secondary N) is 1. The van der Waals surface area contributed by atoms with Crippen LogP contribution in [0.2, 0.25) is 0 Å². The van der Waals surface area contributed by atoms with Crippen molar-refractivity contribution >= 4 is 23.0 Å². The molecule has 5 rings (SSSR count). The Morgan fingerprint density at radius 3 is 2.49 bits per heavy atom. The highest BCUT2D eigenvalue weighted by Crippen LogP contribution is 2.47. The third-order valence-electron chi connectivity index (χ3n) is 7.53. The summed E-state index contributed by atoms with van der Waals surface area (Å²) in [5, 5.41) is 4.23. The van der Waals surface area contributed by atoms with Gasteiger partial charge in [0.05, 0.1) is 37.7 Å². The summed E-state index contributed by atoms with van der Waals surface area (Å²) in [6, 6.07) is 14.6. The maximum absolute atomic E-state index is 5.96. The first-order valence-corrected chi connectivity index (χ1v) is 12.8. The molecular weight excluding hydrogens is 456 g/mol. The monoisotopic (exact) mass is 490 g/mol. The number of benzene rings is 1. The lowest BCUT2D eigenvalue weighted by Gasteiger charge is -2.30. The maximum Gasteiger partial charge on any atom is 0.174 e. The highest BCUT2D eigenvalue weighted by molar-refractivity contribution is 7.80. The van der Waals surface area contributed by atoms with Crippen molar-refractivity contribution in [3.05, 3.63) is 71.3 Å². The Morgan fingerprint density at radius 2 is 1.80 bits per heavy atom. The fourth-order valence-electron chi connectivity index (χ4n) is 5.92. The van der Waals surface area contributed by atoms with Gasteiger partial charge in [0, 0.05) is 29.7 Å². The van der Waals surface area contributed by atoms with Crippen molar-refractivity contribution in [3.63, 3.8) is 0 Å². The molecule has 1 aliphatic heterocycles. The van der Waals surface area contributed by atoms with E-state index in [9.17, 15) is 0 Å². The Hall–Kier alpha value is -3.06. The number of aromatic nitrogens is 2. The standard InChI is InChI=1S/C28H34N4O2S/c1-18-16-22(19(2)31(18)20-10-6-5-7-11-20)27-26(23-12-8-9-15-29-23)30-28(35)32(27)24-17-21(33-3)13-14-25(24)34-4/h8-9,12-17,20,26-27H,5-7,10-11H2,1-4H3,(H,30,35). The topological polar surface area (TPSA) is 51.6 Å². The predicted molar refractivity (Wildman–Crippen MR) is 144 cm³/mol. The van der Waals surface area contributed by atoms with Gasteiger partial charge < -0.3 is 24.3 Å². The van der Waals surface area contributed by atoms with E-state index in [1.807, 2.05) is 36.5 Å². The molecule has 2 aliphatic rings. The van der Waals surface area contributed by atoms with Gasteiger partial charge in [-0.25, -0.2) is 0 Å². The van der Waals surface area contributed by atoms with Crippen LogP contribution in [0.15, 0.2) is 48.7 Å². The summed E-state index contributed by atoms with van der Waals surface area (Å²) < 4.78 is 13.9. The van der Waals surface area contributed by atoms with E-state index in [4.69, 9.17) is 26.7 Å². The number of thiocarbonyl (C=S) groups is 1. The van der Waals surface area contributed by atoms with Gasteiger partial charge in [-0.05, 0) is 74.8 Å². The van der Waals surface area contributed by atoms with E-state index in [-0.39, 0.29) is 12.1 Å². The number of pyridine rings is 1. The molecule has 6 nitrogen and oxygen atoms in total. The minimum atomic E-state index is -0.0973. The average molecular weight is 491 g/mol. The van der Waals surface area contributed by atoms with Crippen LogP contribution in [0.3, 0.4) is 0 Å². The molecule has 1 saturated carbocycles. The van der Waals surface area contributed by atoms with Crippen LogP contribution >= 0.6 is 12.2 Å². The first-order chi connectivity index (χ1) is 17.0. The molecule has 2 unspecified atom stereocenters. The van der Waals surface area contributed by atoms with Crippen molar-refractivity contribution in [2.45, 2.75) is 64.1 Å². The maximum atomic E-state index is 5.96. The number of aryl methyl sites for hydroxylation is 1. The molecule has 0 spiro atoms. The van der Waals surface area contributed by atoms with E-state index in [1.54, 1.807) is 14.2 Å². The molecule has 1 aliphatic carbocycles. The number of ether oxygens (including phenoxy) is 2. The lowest BCUT2D eigenvalue weighted by Crippen LogP contribution is -2.30. The average Bonchev–Trinajstić information content (AvgIpc) is 3.39. The molecule has 35 heavy (non-hydrogen) atoms. The van der Waals surface area contributed by atoms with Crippen molar-refractivity contribution in [1.82, 2.24) is 14.9 Å². The van der Waals surface area contributed by atoms with E-state index in [0.717, 1.165) is 22.9 Å². The van der Waals surface area contributed by atoms with E-state index in [2.05, 4.69) is 40.8 Å². The van der Waals surface area contributed by atoms with Gasteiger partial charge in [-0.1, -0.05) is 25.3 Å². The number of rotatable bonds is 6. The molecule has 184 valence electrons. The van der Waals surface area contributed by atoms with E-state index >= 15 is 0 Å². The molecule has 2 aromatic heterocycles. The Balaban J connectivity index is 1.67. The molecule has 3 aromatic rings. The highest BCUT2D eigenvalue weighted by Gasteiger charge is 2.43. The molecule has 0 bridgehead atoms. The highest BCUT2D eigenvalue weighted by atomic mass is 32.1. The summed E-state index contributed by atoms with van der Waals surface area (Å²) in [6.07, 6.45) is 8.28. The number of nitrogens with zero attached hydrogens (tertiary/aromatic N) is 3. The second-order valence-electron chi connectivity index (χ2n) is 9.52. The summed E-state index contributed by atoms with van der Waals surface area (Å²) in [5.74, 6) is 1.51. The molecule has 7 heteroatoms. The fourth-order valence-corrected chi connectivity index (χ4v) is 6.26. The quantitative estimate of drug-likeness (QED) is 0.415. The summed E-state index contributed by atoms with van der Waals surface area (Å²) in [5.41, 5.74) is 5.72. The SMILES string of the molecule is COc1ccc(OC)c(N2C(=S)NC(c3ccccn3)C2c2cc(C)n(C3CCCCC3)c2C)c1. The predicted octanol–water partition coefficient (Wildman–Crippen LogP) is 6.20. The number of methoxy groups -OCH3 is 2. The Labute approximate surface area is 213 Å². The smallest absolute Gasteiger partial charge is 0.174 e. The third-order valence-corrected chi connectivity index (χ3v) is 7.84. The zero-order valence-electron chi connectivity index (χ0n) is 21.0. The van der Waals surface area contributed by atoms with Crippen LogP contribution < -0.4 is 19.7 Å². The first kappa shape index (κ1) is 23.7. The van der Waals surface area contributed by atoms with E-state index in [1.165, 1.54) is 49.1 Å². The normalized spacial score (nSPS) is 20.7. The van der Waals surface area contributed by atoms with Gasteiger partial charge in [0.2, 0.25) is 0 Å². The van der Waals surface area contributed by atoms with Crippen molar-refractivity contribution in [1.29, 1.82) is 0 Å². The van der Waals surface area contributed by atoms with Crippen LogP contribution in [-0.4, -0.2) is 28.9 Å². The van der Waals surface area contributed by atoms with Gasteiger partial charge in [-0.15, -0.1) is 0 Å². The van der Waals surface area contributed by atoms with Gasteiger partial charge >= 0.3 is 0 Å². The molecule has 1 saturated heterocycles.